The van der Waals surface area contributed by atoms with Gasteiger partial charge in [-0.1, -0.05) is 35.9 Å². The first-order valence-electron chi connectivity index (χ1n) is 8.55. The minimum absolute atomic E-state index is 0.202. The highest BCUT2D eigenvalue weighted by Gasteiger charge is 2.37. The molecular formula is C20H23ClO5. The summed E-state index contributed by atoms with van der Waals surface area (Å²) in [5, 5.41) is 30.3. The lowest BCUT2D eigenvalue weighted by Crippen LogP contribution is -2.44. The third-order valence-electron chi connectivity index (χ3n) is 4.70. The Hall–Kier alpha value is -1.63. The van der Waals surface area contributed by atoms with Crippen molar-refractivity contribution in [3.63, 3.8) is 0 Å². The van der Waals surface area contributed by atoms with Crippen LogP contribution in [0, 0.1) is 0 Å². The molecule has 0 amide bonds. The van der Waals surface area contributed by atoms with Gasteiger partial charge in [-0.05, 0) is 41.3 Å². The van der Waals surface area contributed by atoms with Crippen molar-refractivity contribution in [3.8, 4) is 5.75 Å². The fraction of sp³-hybridized carbons (Fsp3) is 0.400. The summed E-state index contributed by atoms with van der Waals surface area (Å²) >= 11 is 6.35. The standard InChI is InChI=1S/C20H23ClO5/c1-25-15-5-2-12(3-6-15)8-14-9-13(4-7-17(14)21)20-19(24)18(23)10-16(11-22)26-20/h2-7,9,16,18-20,22-24H,8,10-11H2,1H3/t16-,18?,19?,20?/m1/s1. The van der Waals surface area contributed by atoms with Gasteiger partial charge in [0.05, 0.1) is 25.9 Å². The lowest BCUT2D eigenvalue weighted by molar-refractivity contribution is -0.179. The number of hydrogen-bond acceptors (Lipinski definition) is 5. The lowest BCUT2D eigenvalue weighted by Gasteiger charge is -2.37. The van der Waals surface area contributed by atoms with Crippen molar-refractivity contribution in [2.75, 3.05) is 13.7 Å². The van der Waals surface area contributed by atoms with Gasteiger partial charge >= 0.3 is 0 Å². The van der Waals surface area contributed by atoms with Gasteiger partial charge < -0.3 is 24.8 Å². The first-order valence-corrected chi connectivity index (χ1v) is 8.93. The second-order valence-corrected chi connectivity index (χ2v) is 6.94. The Morgan fingerprint density at radius 2 is 1.88 bits per heavy atom. The molecule has 0 saturated carbocycles. The van der Waals surface area contributed by atoms with Crippen LogP contribution in [-0.2, 0) is 11.2 Å². The van der Waals surface area contributed by atoms with E-state index in [2.05, 4.69) is 0 Å². The molecule has 26 heavy (non-hydrogen) atoms. The Morgan fingerprint density at radius 1 is 1.15 bits per heavy atom. The average Bonchev–Trinajstić information content (AvgIpc) is 2.66. The van der Waals surface area contributed by atoms with E-state index in [4.69, 9.17) is 21.1 Å². The fourth-order valence-corrected chi connectivity index (χ4v) is 3.40. The highest BCUT2D eigenvalue weighted by atomic mass is 35.5. The maximum atomic E-state index is 10.3. The summed E-state index contributed by atoms with van der Waals surface area (Å²) in [7, 11) is 1.62. The van der Waals surface area contributed by atoms with Crippen LogP contribution in [0.2, 0.25) is 5.02 Å². The molecule has 5 nitrogen and oxygen atoms in total. The number of aliphatic hydroxyl groups is 3. The quantitative estimate of drug-likeness (QED) is 0.745. The second-order valence-electron chi connectivity index (χ2n) is 6.53. The summed E-state index contributed by atoms with van der Waals surface area (Å²) in [4.78, 5) is 0. The second kappa shape index (κ2) is 8.37. The Labute approximate surface area is 157 Å². The predicted molar refractivity (Wildman–Crippen MR) is 98.6 cm³/mol. The third kappa shape index (κ3) is 4.19. The molecule has 0 aromatic heterocycles. The highest BCUT2D eigenvalue weighted by molar-refractivity contribution is 6.31. The Bertz CT molecular complexity index is 733. The van der Waals surface area contributed by atoms with Crippen LogP contribution in [0.5, 0.6) is 5.75 Å². The van der Waals surface area contributed by atoms with Gasteiger partial charge in [-0.2, -0.15) is 0 Å². The molecule has 1 heterocycles. The summed E-state index contributed by atoms with van der Waals surface area (Å²) in [5.74, 6) is 0.788. The van der Waals surface area contributed by atoms with Gasteiger partial charge in [0.25, 0.3) is 0 Å². The molecule has 0 aliphatic carbocycles. The normalized spacial score (nSPS) is 25.9. The highest BCUT2D eigenvalue weighted by Crippen LogP contribution is 2.34. The van der Waals surface area contributed by atoms with Crippen molar-refractivity contribution in [1.82, 2.24) is 0 Å². The molecule has 1 saturated heterocycles. The molecule has 3 rings (SSSR count). The fourth-order valence-electron chi connectivity index (χ4n) is 3.22. The van der Waals surface area contributed by atoms with Crippen LogP contribution in [0.4, 0.5) is 0 Å². The molecular weight excluding hydrogens is 356 g/mol. The topological polar surface area (TPSA) is 79.2 Å². The lowest BCUT2D eigenvalue weighted by atomic mass is 9.91. The van der Waals surface area contributed by atoms with E-state index in [9.17, 15) is 15.3 Å². The van der Waals surface area contributed by atoms with E-state index in [0.717, 1.165) is 22.4 Å². The SMILES string of the molecule is COc1ccc(Cc2cc(C3O[C@@H](CO)CC(O)C3O)ccc2Cl)cc1. The average molecular weight is 379 g/mol. The molecule has 4 atom stereocenters. The largest absolute Gasteiger partial charge is 0.497 e. The smallest absolute Gasteiger partial charge is 0.118 e. The third-order valence-corrected chi connectivity index (χ3v) is 5.07. The first kappa shape index (κ1) is 19.1. The van der Waals surface area contributed by atoms with Gasteiger partial charge in [0, 0.05) is 11.4 Å². The Morgan fingerprint density at radius 3 is 2.54 bits per heavy atom. The molecule has 2 aromatic carbocycles. The van der Waals surface area contributed by atoms with Crippen LogP contribution < -0.4 is 4.74 Å². The van der Waals surface area contributed by atoms with Gasteiger partial charge in [-0.15, -0.1) is 0 Å². The van der Waals surface area contributed by atoms with Crippen molar-refractivity contribution in [2.24, 2.45) is 0 Å². The van der Waals surface area contributed by atoms with Gasteiger partial charge in [-0.3, -0.25) is 0 Å². The van der Waals surface area contributed by atoms with Crippen LogP contribution in [0.3, 0.4) is 0 Å². The van der Waals surface area contributed by atoms with Crippen LogP contribution in [0.1, 0.15) is 29.2 Å². The van der Waals surface area contributed by atoms with Gasteiger partial charge in [-0.25, -0.2) is 0 Å². The summed E-state index contributed by atoms with van der Waals surface area (Å²) in [6, 6.07) is 13.2. The van der Waals surface area contributed by atoms with E-state index in [-0.39, 0.29) is 13.0 Å². The molecule has 6 heteroatoms. The minimum atomic E-state index is -1.05. The van der Waals surface area contributed by atoms with Crippen LogP contribution in [0.15, 0.2) is 42.5 Å². The van der Waals surface area contributed by atoms with Crippen molar-refractivity contribution in [1.29, 1.82) is 0 Å². The number of hydrogen-bond donors (Lipinski definition) is 3. The van der Waals surface area contributed by atoms with Crippen LogP contribution in [0.25, 0.3) is 0 Å². The van der Waals surface area contributed by atoms with Crippen molar-refractivity contribution < 1.29 is 24.8 Å². The molecule has 3 unspecified atom stereocenters. The Kier molecular flexibility index (Phi) is 6.16. The van der Waals surface area contributed by atoms with Crippen LogP contribution >= 0.6 is 11.6 Å². The van der Waals surface area contributed by atoms with E-state index >= 15 is 0 Å². The van der Waals surface area contributed by atoms with E-state index < -0.39 is 24.4 Å². The molecule has 0 bridgehead atoms. The van der Waals surface area contributed by atoms with Gasteiger partial charge in [0.1, 0.15) is 18.0 Å². The van der Waals surface area contributed by atoms with Crippen molar-refractivity contribution in [2.45, 2.75) is 37.3 Å². The predicted octanol–water partition coefficient (Wildman–Crippen LogP) is 2.48. The minimum Gasteiger partial charge on any atom is -0.497 e. The zero-order valence-corrected chi connectivity index (χ0v) is 15.3. The van der Waals surface area contributed by atoms with Crippen molar-refractivity contribution in [3.05, 3.63) is 64.2 Å². The zero-order chi connectivity index (χ0) is 18.7. The first-order chi connectivity index (χ1) is 12.5. The molecule has 1 fully saturated rings. The number of methoxy groups -OCH3 is 1. The number of aliphatic hydroxyl groups excluding tert-OH is 3. The van der Waals surface area contributed by atoms with Gasteiger partial charge in [0.2, 0.25) is 0 Å². The number of rotatable bonds is 5. The van der Waals surface area contributed by atoms with Gasteiger partial charge in [0.15, 0.2) is 0 Å². The number of ether oxygens (including phenoxy) is 2. The van der Waals surface area contributed by atoms with E-state index in [1.54, 1.807) is 19.2 Å². The number of benzene rings is 2. The molecule has 2 aromatic rings. The monoisotopic (exact) mass is 378 g/mol. The molecule has 3 N–H and O–H groups in total. The maximum Gasteiger partial charge on any atom is 0.118 e. The van der Waals surface area contributed by atoms with E-state index in [0.29, 0.717) is 11.4 Å². The summed E-state index contributed by atoms with van der Waals surface area (Å²) in [6.45, 7) is -0.202. The number of halogens is 1. The molecule has 0 spiro atoms. The molecule has 1 aliphatic heterocycles. The van der Waals surface area contributed by atoms with E-state index in [1.165, 1.54) is 0 Å². The summed E-state index contributed by atoms with van der Waals surface area (Å²) in [6.07, 6.45) is -2.37. The zero-order valence-electron chi connectivity index (χ0n) is 14.5. The maximum absolute atomic E-state index is 10.3. The van der Waals surface area contributed by atoms with E-state index in [1.807, 2.05) is 30.3 Å². The van der Waals surface area contributed by atoms with Crippen molar-refractivity contribution >= 4 is 11.6 Å². The molecule has 140 valence electrons. The summed E-state index contributed by atoms with van der Waals surface area (Å²) in [5.41, 5.74) is 2.69. The molecule has 0 radical (unpaired) electrons. The summed E-state index contributed by atoms with van der Waals surface area (Å²) < 4.78 is 10.9. The Balaban J connectivity index is 1.84. The van der Waals surface area contributed by atoms with Crippen LogP contribution in [-0.4, -0.2) is 47.3 Å². The molecule has 1 aliphatic rings.